The van der Waals surface area contributed by atoms with E-state index in [4.69, 9.17) is 10.5 Å². The molecule has 1 amide bonds. The topological polar surface area (TPSA) is 64.4 Å². The van der Waals surface area contributed by atoms with Crippen LogP contribution in [-0.4, -0.2) is 12.5 Å². The predicted octanol–water partition coefficient (Wildman–Crippen LogP) is 2.44. The Morgan fingerprint density at radius 1 is 1.14 bits per heavy atom. The van der Waals surface area contributed by atoms with Crippen LogP contribution >= 0.6 is 0 Å². The molecular formula is C15H14F2N2O2. The molecule has 0 bridgehead atoms. The van der Waals surface area contributed by atoms with Crippen LogP contribution in [0, 0.1) is 11.6 Å². The van der Waals surface area contributed by atoms with Crippen molar-refractivity contribution in [3.05, 3.63) is 59.7 Å². The molecule has 3 N–H and O–H groups in total. The van der Waals surface area contributed by atoms with E-state index in [2.05, 4.69) is 5.32 Å². The van der Waals surface area contributed by atoms with Gasteiger partial charge in [0.05, 0.1) is 5.69 Å². The number of ether oxygens (including phenoxy) is 1. The highest BCUT2D eigenvalue weighted by Crippen LogP contribution is 2.17. The van der Waals surface area contributed by atoms with Gasteiger partial charge in [-0.2, -0.15) is 0 Å². The van der Waals surface area contributed by atoms with Gasteiger partial charge in [0, 0.05) is 6.54 Å². The third-order valence-corrected chi connectivity index (χ3v) is 2.72. The summed E-state index contributed by atoms with van der Waals surface area (Å²) >= 11 is 0. The Morgan fingerprint density at radius 2 is 1.86 bits per heavy atom. The lowest BCUT2D eigenvalue weighted by molar-refractivity contribution is -0.119. The van der Waals surface area contributed by atoms with Crippen LogP contribution in [-0.2, 0) is 11.3 Å². The molecule has 0 spiro atoms. The van der Waals surface area contributed by atoms with E-state index in [1.165, 1.54) is 0 Å². The van der Waals surface area contributed by atoms with Crippen LogP contribution in [0.3, 0.4) is 0 Å². The summed E-state index contributed by atoms with van der Waals surface area (Å²) < 4.78 is 31.6. The summed E-state index contributed by atoms with van der Waals surface area (Å²) in [5.41, 5.74) is 5.92. The second-order valence-corrected chi connectivity index (χ2v) is 4.38. The van der Waals surface area contributed by atoms with E-state index in [-0.39, 0.29) is 12.3 Å². The van der Waals surface area contributed by atoms with Gasteiger partial charge in [-0.25, -0.2) is 8.78 Å². The van der Waals surface area contributed by atoms with Gasteiger partial charge < -0.3 is 15.8 Å². The third-order valence-electron chi connectivity index (χ3n) is 2.72. The summed E-state index contributed by atoms with van der Waals surface area (Å²) in [7, 11) is 0. The molecule has 2 rings (SSSR count). The normalized spacial score (nSPS) is 10.2. The summed E-state index contributed by atoms with van der Waals surface area (Å²) in [5, 5.41) is 2.81. The van der Waals surface area contributed by atoms with Crippen molar-refractivity contribution in [2.24, 2.45) is 5.73 Å². The van der Waals surface area contributed by atoms with E-state index in [9.17, 15) is 13.6 Å². The molecule has 21 heavy (non-hydrogen) atoms. The fraction of sp³-hybridized carbons (Fsp3) is 0.133. The Balaban J connectivity index is 1.94. The lowest BCUT2D eigenvalue weighted by Gasteiger charge is -2.09. The highest BCUT2D eigenvalue weighted by molar-refractivity contribution is 5.75. The maximum atomic E-state index is 13.4. The number of halogens is 2. The lowest BCUT2D eigenvalue weighted by Crippen LogP contribution is -2.19. The molecule has 0 aromatic heterocycles. The molecule has 0 aliphatic carbocycles. The van der Waals surface area contributed by atoms with Crippen molar-refractivity contribution in [1.29, 1.82) is 0 Å². The van der Waals surface area contributed by atoms with Crippen molar-refractivity contribution in [3.8, 4) is 5.75 Å². The average molecular weight is 292 g/mol. The number of nitrogens with one attached hydrogen (secondary N) is 1. The highest BCUT2D eigenvalue weighted by Gasteiger charge is 2.04. The minimum atomic E-state index is -0.553. The zero-order chi connectivity index (χ0) is 15.2. The molecule has 0 unspecified atom stereocenters. The summed E-state index contributed by atoms with van der Waals surface area (Å²) in [6, 6.07) is 10.1. The Labute approximate surface area is 120 Å². The molecular weight excluding hydrogens is 278 g/mol. The van der Waals surface area contributed by atoms with Crippen molar-refractivity contribution in [2.45, 2.75) is 6.54 Å². The van der Waals surface area contributed by atoms with Crippen LogP contribution in [0.25, 0.3) is 0 Å². The minimum Gasteiger partial charge on any atom is -0.484 e. The van der Waals surface area contributed by atoms with Crippen LogP contribution in [0.2, 0.25) is 0 Å². The van der Waals surface area contributed by atoms with Gasteiger partial charge in [0.25, 0.3) is 5.91 Å². The number of benzene rings is 2. The molecule has 0 heterocycles. The molecule has 110 valence electrons. The number of carbonyl (C=O) groups is 1. The van der Waals surface area contributed by atoms with Crippen molar-refractivity contribution in [1.82, 2.24) is 0 Å². The van der Waals surface area contributed by atoms with Crippen molar-refractivity contribution in [2.75, 3.05) is 11.9 Å². The maximum absolute atomic E-state index is 13.4. The zero-order valence-corrected chi connectivity index (χ0v) is 11.1. The van der Waals surface area contributed by atoms with E-state index in [0.717, 1.165) is 23.8 Å². The molecule has 0 aliphatic heterocycles. The van der Waals surface area contributed by atoms with E-state index in [0.29, 0.717) is 12.3 Å². The number of rotatable bonds is 6. The smallest absolute Gasteiger partial charge is 0.255 e. The van der Waals surface area contributed by atoms with E-state index in [1.807, 2.05) is 0 Å². The molecule has 0 aliphatic rings. The Morgan fingerprint density at radius 3 is 2.52 bits per heavy atom. The molecule has 0 atom stereocenters. The van der Waals surface area contributed by atoms with Crippen molar-refractivity contribution >= 4 is 11.6 Å². The summed E-state index contributed by atoms with van der Waals surface area (Å²) in [6.07, 6.45) is 0. The van der Waals surface area contributed by atoms with E-state index >= 15 is 0 Å². The molecule has 4 nitrogen and oxygen atoms in total. The number of carbonyl (C=O) groups excluding carboxylic acids is 1. The van der Waals surface area contributed by atoms with Gasteiger partial charge >= 0.3 is 0 Å². The Bertz CT molecular complexity index is 630. The van der Waals surface area contributed by atoms with Gasteiger partial charge in [-0.05, 0) is 35.9 Å². The number of amides is 1. The summed E-state index contributed by atoms with van der Waals surface area (Å²) in [4.78, 5) is 10.6. The van der Waals surface area contributed by atoms with Gasteiger partial charge in [-0.3, -0.25) is 4.79 Å². The van der Waals surface area contributed by atoms with Gasteiger partial charge in [-0.1, -0.05) is 12.1 Å². The Kier molecular flexibility index (Phi) is 4.71. The first-order valence-corrected chi connectivity index (χ1v) is 6.23. The molecule has 0 saturated heterocycles. The van der Waals surface area contributed by atoms with E-state index < -0.39 is 17.5 Å². The van der Waals surface area contributed by atoms with Gasteiger partial charge in [0.15, 0.2) is 6.61 Å². The first-order chi connectivity index (χ1) is 10.0. The molecule has 0 saturated carbocycles. The third kappa shape index (κ3) is 4.45. The summed E-state index contributed by atoms with van der Waals surface area (Å²) in [6.45, 7) is 0.141. The van der Waals surface area contributed by atoms with Crippen LogP contribution in [0.15, 0.2) is 42.5 Å². The fourth-order valence-corrected chi connectivity index (χ4v) is 1.69. The number of hydrogen-bond acceptors (Lipinski definition) is 3. The zero-order valence-electron chi connectivity index (χ0n) is 11.1. The standard InChI is InChI=1S/C15H14F2N2O2/c16-11-3-6-13(17)14(7-11)19-8-10-1-4-12(5-2-10)21-9-15(18)20/h1-7,19H,8-9H2,(H2,18,20). The molecule has 0 fully saturated rings. The SMILES string of the molecule is NC(=O)COc1ccc(CNc2cc(F)ccc2F)cc1. The quantitative estimate of drug-likeness (QED) is 0.859. The Hall–Kier alpha value is -2.63. The van der Waals surface area contributed by atoms with Crippen LogP contribution in [0.4, 0.5) is 14.5 Å². The van der Waals surface area contributed by atoms with Crippen LogP contribution in [0.1, 0.15) is 5.56 Å². The second kappa shape index (κ2) is 6.69. The molecule has 2 aromatic rings. The van der Waals surface area contributed by atoms with Gasteiger partial charge in [0.1, 0.15) is 17.4 Å². The average Bonchev–Trinajstić information content (AvgIpc) is 2.47. The largest absolute Gasteiger partial charge is 0.484 e. The number of nitrogens with two attached hydrogens (primary N) is 1. The van der Waals surface area contributed by atoms with Crippen molar-refractivity contribution in [3.63, 3.8) is 0 Å². The number of primary amides is 1. The molecule has 2 aromatic carbocycles. The molecule has 6 heteroatoms. The minimum absolute atomic E-state index is 0.101. The van der Waals surface area contributed by atoms with Crippen LogP contribution < -0.4 is 15.8 Å². The maximum Gasteiger partial charge on any atom is 0.255 e. The van der Waals surface area contributed by atoms with Crippen molar-refractivity contribution < 1.29 is 18.3 Å². The van der Waals surface area contributed by atoms with Gasteiger partial charge in [-0.15, -0.1) is 0 Å². The highest BCUT2D eigenvalue weighted by atomic mass is 19.1. The molecule has 0 radical (unpaired) electrons. The lowest BCUT2D eigenvalue weighted by atomic mass is 10.2. The number of anilines is 1. The predicted molar refractivity (Wildman–Crippen MR) is 74.8 cm³/mol. The monoisotopic (exact) mass is 292 g/mol. The summed E-state index contributed by atoms with van der Waals surface area (Å²) in [5.74, 6) is -1.07. The second-order valence-electron chi connectivity index (χ2n) is 4.38. The van der Waals surface area contributed by atoms with E-state index in [1.54, 1.807) is 24.3 Å². The first-order valence-electron chi connectivity index (χ1n) is 6.23. The van der Waals surface area contributed by atoms with Gasteiger partial charge in [0.2, 0.25) is 0 Å². The first kappa shape index (κ1) is 14.8. The van der Waals surface area contributed by atoms with Crippen LogP contribution in [0.5, 0.6) is 5.75 Å². The number of hydrogen-bond donors (Lipinski definition) is 2. The fourth-order valence-electron chi connectivity index (χ4n) is 1.69.